The quantitative estimate of drug-likeness (QED) is 0.659. The standard InChI is InChI=1S/C13H14ClN3O/c1-7-4-11(14)16-13(15-7)17-12(18)10-6-8-2-3-9(10)5-8/h2-4,8-10H,5-6H2,1H3,(H,15,16,17,18). The summed E-state index contributed by atoms with van der Waals surface area (Å²) in [7, 11) is 0. The van der Waals surface area contributed by atoms with Crippen LogP contribution in [-0.2, 0) is 4.79 Å². The highest BCUT2D eigenvalue weighted by Crippen LogP contribution is 2.43. The van der Waals surface area contributed by atoms with Crippen LogP contribution in [0.2, 0.25) is 5.15 Å². The minimum atomic E-state index is 0.00789. The van der Waals surface area contributed by atoms with Crippen LogP contribution in [0.3, 0.4) is 0 Å². The zero-order valence-electron chi connectivity index (χ0n) is 10.1. The molecule has 0 radical (unpaired) electrons. The van der Waals surface area contributed by atoms with Gasteiger partial charge in [0.05, 0.1) is 0 Å². The number of aryl methyl sites for hydroxylation is 1. The Labute approximate surface area is 110 Å². The third-order valence-electron chi connectivity index (χ3n) is 3.67. The molecule has 0 aromatic carbocycles. The van der Waals surface area contributed by atoms with Gasteiger partial charge in [0.15, 0.2) is 0 Å². The fourth-order valence-electron chi connectivity index (χ4n) is 2.87. The first kappa shape index (κ1) is 11.7. The number of hydrogen-bond acceptors (Lipinski definition) is 3. The van der Waals surface area contributed by atoms with E-state index in [0.29, 0.717) is 22.9 Å². The van der Waals surface area contributed by atoms with Gasteiger partial charge in [-0.05, 0) is 37.7 Å². The molecule has 1 aromatic heterocycles. The summed E-state index contributed by atoms with van der Waals surface area (Å²) in [5.74, 6) is 1.33. The van der Waals surface area contributed by atoms with E-state index in [0.717, 1.165) is 18.5 Å². The summed E-state index contributed by atoms with van der Waals surface area (Å²) in [6.07, 6.45) is 6.41. The van der Waals surface area contributed by atoms with Crippen molar-refractivity contribution in [3.8, 4) is 0 Å². The first-order valence-corrected chi connectivity index (χ1v) is 6.50. The molecule has 0 saturated heterocycles. The molecule has 0 spiro atoms. The molecular weight excluding hydrogens is 250 g/mol. The van der Waals surface area contributed by atoms with Crippen molar-refractivity contribution in [2.45, 2.75) is 19.8 Å². The highest BCUT2D eigenvalue weighted by atomic mass is 35.5. The maximum atomic E-state index is 12.2. The van der Waals surface area contributed by atoms with Gasteiger partial charge >= 0.3 is 0 Å². The molecule has 0 aliphatic heterocycles. The lowest BCUT2D eigenvalue weighted by Gasteiger charge is -2.16. The summed E-state index contributed by atoms with van der Waals surface area (Å²) in [6.45, 7) is 1.82. The molecule has 1 fully saturated rings. The van der Waals surface area contributed by atoms with Gasteiger partial charge in [-0.1, -0.05) is 23.8 Å². The lowest BCUT2D eigenvalue weighted by Crippen LogP contribution is -2.26. The van der Waals surface area contributed by atoms with Crippen LogP contribution < -0.4 is 5.32 Å². The summed E-state index contributed by atoms with van der Waals surface area (Å²) in [5.41, 5.74) is 0.748. The Bertz CT molecular complexity index is 509. The second kappa shape index (κ2) is 4.35. The molecule has 2 bridgehead atoms. The number of aromatic nitrogens is 2. The second-order valence-electron chi connectivity index (χ2n) is 5.03. The fourth-order valence-corrected chi connectivity index (χ4v) is 3.11. The summed E-state index contributed by atoms with van der Waals surface area (Å²) in [4.78, 5) is 20.3. The number of hydrogen-bond donors (Lipinski definition) is 1. The van der Waals surface area contributed by atoms with Gasteiger partial charge in [-0.15, -0.1) is 0 Å². The van der Waals surface area contributed by atoms with E-state index in [-0.39, 0.29) is 11.8 Å². The molecule has 3 unspecified atom stereocenters. The average Bonchev–Trinajstić information content (AvgIpc) is 2.88. The largest absolute Gasteiger partial charge is 0.294 e. The molecule has 1 N–H and O–H groups in total. The van der Waals surface area contributed by atoms with Crippen molar-refractivity contribution in [2.24, 2.45) is 17.8 Å². The smallest absolute Gasteiger partial charge is 0.231 e. The number of rotatable bonds is 2. The normalized spacial score (nSPS) is 28.7. The van der Waals surface area contributed by atoms with Crippen molar-refractivity contribution in [1.82, 2.24) is 9.97 Å². The number of carbonyl (C=O) groups excluding carboxylic acids is 1. The second-order valence-corrected chi connectivity index (χ2v) is 5.42. The highest BCUT2D eigenvalue weighted by Gasteiger charge is 2.39. The van der Waals surface area contributed by atoms with E-state index in [1.54, 1.807) is 6.07 Å². The van der Waals surface area contributed by atoms with E-state index < -0.39 is 0 Å². The predicted molar refractivity (Wildman–Crippen MR) is 69.3 cm³/mol. The van der Waals surface area contributed by atoms with Crippen molar-refractivity contribution in [1.29, 1.82) is 0 Å². The van der Waals surface area contributed by atoms with Crippen molar-refractivity contribution >= 4 is 23.5 Å². The van der Waals surface area contributed by atoms with Crippen LogP contribution in [0.1, 0.15) is 18.5 Å². The predicted octanol–water partition coefficient (Wildman–Crippen LogP) is 2.59. The minimum Gasteiger partial charge on any atom is -0.294 e. The van der Waals surface area contributed by atoms with E-state index in [9.17, 15) is 4.79 Å². The summed E-state index contributed by atoms with van der Waals surface area (Å²) in [5, 5.41) is 3.12. The van der Waals surface area contributed by atoms with Gasteiger partial charge in [0.25, 0.3) is 0 Å². The fraction of sp³-hybridized carbons (Fsp3) is 0.462. The van der Waals surface area contributed by atoms with Crippen LogP contribution in [0.15, 0.2) is 18.2 Å². The maximum absolute atomic E-state index is 12.2. The summed E-state index contributed by atoms with van der Waals surface area (Å²) < 4.78 is 0. The van der Waals surface area contributed by atoms with Crippen LogP contribution in [0.25, 0.3) is 0 Å². The summed E-state index contributed by atoms with van der Waals surface area (Å²) >= 11 is 5.84. The van der Waals surface area contributed by atoms with E-state index in [2.05, 4.69) is 27.4 Å². The van der Waals surface area contributed by atoms with Crippen molar-refractivity contribution in [3.05, 3.63) is 29.1 Å². The van der Waals surface area contributed by atoms with Gasteiger partial charge in [0.1, 0.15) is 5.15 Å². The Morgan fingerprint density at radius 3 is 2.83 bits per heavy atom. The monoisotopic (exact) mass is 263 g/mol. The number of halogens is 1. The van der Waals surface area contributed by atoms with Gasteiger partial charge in [0, 0.05) is 11.6 Å². The molecule has 1 heterocycles. The number of allylic oxidation sites excluding steroid dienone is 2. The number of fused-ring (bicyclic) bond motifs is 2. The zero-order valence-corrected chi connectivity index (χ0v) is 10.8. The molecule has 4 nitrogen and oxygen atoms in total. The van der Waals surface area contributed by atoms with Crippen molar-refractivity contribution < 1.29 is 4.79 Å². The van der Waals surface area contributed by atoms with E-state index >= 15 is 0 Å². The van der Waals surface area contributed by atoms with E-state index in [4.69, 9.17) is 11.6 Å². The van der Waals surface area contributed by atoms with Crippen molar-refractivity contribution in [2.75, 3.05) is 5.32 Å². The van der Waals surface area contributed by atoms with Gasteiger partial charge in [-0.2, -0.15) is 0 Å². The molecule has 1 saturated carbocycles. The van der Waals surface area contributed by atoms with Gasteiger partial charge in [0.2, 0.25) is 11.9 Å². The molecule has 18 heavy (non-hydrogen) atoms. The number of nitrogens with zero attached hydrogens (tertiary/aromatic N) is 2. The van der Waals surface area contributed by atoms with Crippen molar-refractivity contribution in [3.63, 3.8) is 0 Å². The third kappa shape index (κ3) is 2.12. The molecule has 1 amide bonds. The molecule has 1 aromatic rings. The highest BCUT2D eigenvalue weighted by molar-refractivity contribution is 6.29. The average molecular weight is 264 g/mol. The lowest BCUT2D eigenvalue weighted by molar-refractivity contribution is -0.120. The number of amides is 1. The topological polar surface area (TPSA) is 54.9 Å². The molecule has 2 aliphatic rings. The molecule has 3 rings (SSSR count). The molecule has 5 heteroatoms. The number of anilines is 1. The van der Waals surface area contributed by atoms with Gasteiger partial charge in [-0.3, -0.25) is 10.1 Å². The first-order valence-electron chi connectivity index (χ1n) is 6.12. The summed E-state index contributed by atoms with van der Waals surface area (Å²) in [6, 6.07) is 1.66. The lowest BCUT2D eigenvalue weighted by atomic mass is 9.93. The Morgan fingerprint density at radius 1 is 1.39 bits per heavy atom. The zero-order chi connectivity index (χ0) is 12.7. The first-order chi connectivity index (χ1) is 8.61. The number of nitrogens with one attached hydrogen (secondary N) is 1. The van der Waals surface area contributed by atoms with Crippen LogP contribution in [0.4, 0.5) is 5.95 Å². The van der Waals surface area contributed by atoms with Gasteiger partial charge < -0.3 is 0 Å². The SMILES string of the molecule is Cc1cc(Cl)nc(NC(=O)C2CC3C=CC2C3)n1. The van der Waals surface area contributed by atoms with Crippen LogP contribution >= 0.6 is 11.6 Å². The Hall–Kier alpha value is -1.42. The van der Waals surface area contributed by atoms with E-state index in [1.165, 1.54) is 0 Å². The van der Waals surface area contributed by atoms with E-state index in [1.807, 2.05) is 6.92 Å². The van der Waals surface area contributed by atoms with Crippen LogP contribution in [0.5, 0.6) is 0 Å². The molecule has 94 valence electrons. The Balaban J connectivity index is 1.73. The van der Waals surface area contributed by atoms with Crippen LogP contribution in [-0.4, -0.2) is 15.9 Å². The minimum absolute atomic E-state index is 0.00789. The molecular formula is C13H14ClN3O. The Morgan fingerprint density at radius 2 is 2.22 bits per heavy atom. The molecule has 2 aliphatic carbocycles. The van der Waals surface area contributed by atoms with Gasteiger partial charge in [-0.25, -0.2) is 9.97 Å². The molecule has 3 atom stereocenters. The number of carbonyl (C=O) groups is 1. The maximum Gasteiger partial charge on any atom is 0.231 e. The van der Waals surface area contributed by atoms with Crippen LogP contribution in [0, 0.1) is 24.7 Å². The Kier molecular flexibility index (Phi) is 2.82. The third-order valence-corrected chi connectivity index (χ3v) is 3.87.